The maximum atomic E-state index is 9.49. The summed E-state index contributed by atoms with van der Waals surface area (Å²) >= 11 is 0. The number of hydrogen-bond acceptors (Lipinski definition) is 2. The largest absolute Gasteiger partial charge is 0.366 e. The topological polar surface area (TPSA) is 40.5 Å². The lowest BCUT2D eigenvalue weighted by Gasteiger charge is -2.19. The molecule has 0 aromatic carbocycles. The standard InChI is InChI=1S/C21H42O2/c1-3-5-6-7-8-9-10-11-12-13-14-15-16-17-18-19-20-21(22,23)4-2/h11-12,22-23H,3-10,13-20H2,1-2H3/b12-11-. The maximum absolute atomic E-state index is 9.49. The van der Waals surface area contributed by atoms with Crippen molar-refractivity contribution in [1.29, 1.82) is 0 Å². The molecule has 138 valence electrons. The second-order valence-electron chi connectivity index (χ2n) is 7.02. The zero-order valence-corrected chi connectivity index (χ0v) is 15.9. The molecule has 0 amide bonds. The number of allylic oxidation sites excluding steroid dienone is 2. The number of unbranched alkanes of at least 4 members (excludes halogenated alkanes) is 12. The van der Waals surface area contributed by atoms with Gasteiger partial charge >= 0.3 is 0 Å². The van der Waals surface area contributed by atoms with Gasteiger partial charge in [0.05, 0.1) is 0 Å². The molecular weight excluding hydrogens is 284 g/mol. The maximum Gasteiger partial charge on any atom is 0.162 e. The molecule has 0 aromatic rings. The Labute approximate surface area is 145 Å². The summed E-state index contributed by atoms with van der Waals surface area (Å²) < 4.78 is 0. The van der Waals surface area contributed by atoms with Gasteiger partial charge in [0.15, 0.2) is 5.79 Å². The molecule has 2 nitrogen and oxygen atoms in total. The lowest BCUT2D eigenvalue weighted by molar-refractivity contribution is -0.167. The van der Waals surface area contributed by atoms with Crippen molar-refractivity contribution >= 4 is 0 Å². The van der Waals surface area contributed by atoms with Crippen molar-refractivity contribution in [3.63, 3.8) is 0 Å². The van der Waals surface area contributed by atoms with Crippen LogP contribution >= 0.6 is 0 Å². The van der Waals surface area contributed by atoms with E-state index in [0.29, 0.717) is 12.8 Å². The Bertz CT molecular complexity index is 259. The van der Waals surface area contributed by atoms with Gasteiger partial charge in [-0.3, -0.25) is 0 Å². The lowest BCUT2D eigenvalue weighted by atomic mass is 10.0. The summed E-state index contributed by atoms with van der Waals surface area (Å²) in [5.41, 5.74) is 0. The highest BCUT2D eigenvalue weighted by atomic mass is 16.5. The summed E-state index contributed by atoms with van der Waals surface area (Å²) in [5, 5.41) is 19.0. The minimum atomic E-state index is -1.43. The average Bonchev–Trinajstić information content (AvgIpc) is 2.54. The molecular formula is C21H42O2. The molecule has 0 aliphatic rings. The molecule has 0 atom stereocenters. The van der Waals surface area contributed by atoms with Gasteiger partial charge in [-0.05, 0) is 38.5 Å². The quantitative estimate of drug-likeness (QED) is 0.182. The Kier molecular flexibility index (Phi) is 16.3. The Morgan fingerprint density at radius 1 is 0.609 bits per heavy atom. The van der Waals surface area contributed by atoms with Crippen LogP contribution in [0.2, 0.25) is 0 Å². The average molecular weight is 327 g/mol. The molecule has 0 aliphatic carbocycles. The van der Waals surface area contributed by atoms with E-state index in [1.165, 1.54) is 77.0 Å². The van der Waals surface area contributed by atoms with Crippen molar-refractivity contribution in [3.05, 3.63) is 12.2 Å². The SMILES string of the molecule is CCCCCCCC/C=C\CCCCCCCCC(O)(O)CC. The molecule has 2 heteroatoms. The van der Waals surface area contributed by atoms with E-state index in [1.807, 2.05) is 6.92 Å². The fraction of sp³-hybridized carbons (Fsp3) is 0.905. The van der Waals surface area contributed by atoms with Crippen LogP contribution in [0.25, 0.3) is 0 Å². The summed E-state index contributed by atoms with van der Waals surface area (Å²) in [4.78, 5) is 0. The molecule has 0 radical (unpaired) electrons. The van der Waals surface area contributed by atoms with Gasteiger partial charge in [0, 0.05) is 6.42 Å². The van der Waals surface area contributed by atoms with E-state index in [1.54, 1.807) is 0 Å². The van der Waals surface area contributed by atoms with Gasteiger partial charge in [0.1, 0.15) is 0 Å². The molecule has 0 aliphatic heterocycles. The summed E-state index contributed by atoms with van der Waals surface area (Å²) in [6, 6.07) is 0. The van der Waals surface area contributed by atoms with Crippen LogP contribution in [0.15, 0.2) is 12.2 Å². The Hall–Kier alpha value is -0.340. The third-order valence-electron chi connectivity index (χ3n) is 4.66. The van der Waals surface area contributed by atoms with E-state index in [4.69, 9.17) is 0 Å². The van der Waals surface area contributed by atoms with Gasteiger partial charge in [-0.15, -0.1) is 0 Å². The molecule has 0 heterocycles. The Balaban J connectivity index is 3.16. The van der Waals surface area contributed by atoms with E-state index >= 15 is 0 Å². The first-order valence-corrected chi connectivity index (χ1v) is 10.2. The van der Waals surface area contributed by atoms with Gasteiger partial charge in [0.2, 0.25) is 0 Å². The van der Waals surface area contributed by atoms with Crippen LogP contribution in [0.3, 0.4) is 0 Å². The zero-order valence-electron chi connectivity index (χ0n) is 15.9. The van der Waals surface area contributed by atoms with Crippen LogP contribution in [0, 0.1) is 0 Å². The van der Waals surface area contributed by atoms with Crippen molar-refractivity contribution < 1.29 is 10.2 Å². The molecule has 0 bridgehead atoms. The van der Waals surface area contributed by atoms with Crippen molar-refractivity contribution in [1.82, 2.24) is 0 Å². The van der Waals surface area contributed by atoms with E-state index in [0.717, 1.165) is 12.8 Å². The number of aliphatic hydroxyl groups is 2. The van der Waals surface area contributed by atoms with Gasteiger partial charge < -0.3 is 10.2 Å². The van der Waals surface area contributed by atoms with E-state index in [9.17, 15) is 10.2 Å². The highest BCUT2D eigenvalue weighted by Gasteiger charge is 2.18. The molecule has 0 fully saturated rings. The van der Waals surface area contributed by atoms with Crippen molar-refractivity contribution in [2.75, 3.05) is 0 Å². The van der Waals surface area contributed by atoms with E-state index in [-0.39, 0.29) is 0 Å². The lowest BCUT2D eigenvalue weighted by Crippen LogP contribution is -2.26. The third-order valence-corrected chi connectivity index (χ3v) is 4.66. The van der Waals surface area contributed by atoms with Crippen molar-refractivity contribution in [2.45, 2.75) is 122 Å². The van der Waals surface area contributed by atoms with Crippen LogP contribution < -0.4 is 0 Å². The van der Waals surface area contributed by atoms with Crippen LogP contribution in [0.1, 0.15) is 117 Å². The fourth-order valence-corrected chi connectivity index (χ4v) is 2.83. The minimum absolute atomic E-state index is 0.429. The highest BCUT2D eigenvalue weighted by Crippen LogP contribution is 2.16. The van der Waals surface area contributed by atoms with Gasteiger partial charge in [-0.2, -0.15) is 0 Å². The van der Waals surface area contributed by atoms with E-state index in [2.05, 4.69) is 19.1 Å². The molecule has 23 heavy (non-hydrogen) atoms. The van der Waals surface area contributed by atoms with Crippen molar-refractivity contribution in [2.24, 2.45) is 0 Å². The second kappa shape index (κ2) is 16.5. The molecule has 0 rings (SSSR count). The Morgan fingerprint density at radius 2 is 1.04 bits per heavy atom. The highest BCUT2D eigenvalue weighted by molar-refractivity contribution is 4.81. The molecule has 0 spiro atoms. The normalized spacial score (nSPS) is 12.3. The summed E-state index contributed by atoms with van der Waals surface area (Å²) in [6.45, 7) is 4.09. The third kappa shape index (κ3) is 17.8. The molecule has 0 unspecified atom stereocenters. The summed E-state index contributed by atoms with van der Waals surface area (Å²) in [6.07, 6.45) is 23.6. The predicted molar refractivity (Wildman–Crippen MR) is 102 cm³/mol. The Morgan fingerprint density at radius 3 is 1.52 bits per heavy atom. The van der Waals surface area contributed by atoms with Gasteiger partial charge in [-0.25, -0.2) is 0 Å². The first kappa shape index (κ1) is 22.7. The molecule has 0 saturated carbocycles. The molecule has 2 N–H and O–H groups in total. The number of hydrogen-bond donors (Lipinski definition) is 2. The fourth-order valence-electron chi connectivity index (χ4n) is 2.83. The zero-order chi connectivity index (χ0) is 17.2. The van der Waals surface area contributed by atoms with E-state index < -0.39 is 5.79 Å². The van der Waals surface area contributed by atoms with Crippen LogP contribution in [0.4, 0.5) is 0 Å². The summed E-state index contributed by atoms with van der Waals surface area (Å²) in [5.74, 6) is -1.43. The minimum Gasteiger partial charge on any atom is -0.366 e. The molecule has 0 aromatic heterocycles. The van der Waals surface area contributed by atoms with Crippen LogP contribution in [-0.4, -0.2) is 16.0 Å². The van der Waals surface area contributed by atoms with Crippen molar-refractivity contribution in [3.8, 4) is 0 Å². The second-order valence-corrected chi connectivity index (χ2v) is 7.02. The predicted octanol–water partition coefficient (Wildman–Crippen LogP) is 6.50. The first-order valence-electron chi connectivity index (χ1n) is 10.2. The van der Waals surface area contributed by atoms with Gasteiger partial charge in [0.25, 0.3) is 0 Å². The molecule has 0 saturated heterocycles. The monoisotopic (exact) mass is 326 g/mol. The summed E-state index contributed by atoms with van der Waals surface area (Å²) in [7, 11) is 0. The van der Waals surface area contributed by atoms with Crippen LogP contribution in [0.5, 0.6) is 0 Å². The first-order chi connectivity index (χ1) is 11.1. The van der Waals surface area contributed by atoms with Gasteiger partial charge in [-0.1, -0.05) is 83.8 Å². The number of rotatable bonds is 17. The smallest absolute Gasteiger partial charge is 0.162 e. The van der Waals surface area contributed by atoms with Crippen LogP contribution in [-0.2, 0) is 0 Å².